The molecule has 0 N–H and O–H groups in total. The SMILES string of the molecule is O=C1[C@@H]2[C@H](C(=O)N1c1ccc(Cl)c(Cl)c1)[C@@]1(c3ccc(Cl)cc3)C(=O)[C@@]2(c2ccc(Cl)cc2)C(c2ccccc2)=C1c1ccccc1. The van der Waals surface area contributed by atoms with Crippen molar-refractivity contribution in [2.75, 3.05) is 4.90 Å². The number of hydrogen-bond acceptors (Lipinski definition) is 3. The fourth-order valence-corrected chi connectivity index (χ4v) is 8.78. The van der Waals surface area contributed by atoms with E-state index in [9.17, 15) is 0 Å². The zero-order valence-corrected chi connectivity index (χ0v) is 27.5. The van der Waals surface area contributed by atoms with Crippen LogP contribution in [0.2, 0.25) is 20.1 Å². The van der Waals surface area contributed by atoms with Gasteiger partial charge in [0.15, 0.2) is 5.78 Å². The highest BCUT2D eigenvalue weighted by molar-refractivity contribution is 6.43. The van der Waals surface area contributed by atoms with Crippen molar-refractivity contribution < 1.29 is 14.4 Å². The van der Waals surface area contributed by atoms with Gasteiger partial charge in [0.05, 0.1) is 38.4 Å². The molecule has 0 aromatic heterocycles. The topological polar surface area (TPSA) is 54.5 Å². The van der Waals surface area contributed by atoms with Crippen LogP contribution in [0.3, 0.4) is 0 Å². The highest BCUT2D eigenvalue weighted by Gasteiger charge is 2.82. The first kappa shape index (κ1) is 30.2. The molecule has 1 saturated carbocycles. The molecule has 4 nitrogen and oxygen atoms in total. The maximum Gasteiger partial charge on any atom is 0.239 e. The molecule has 230 valence electrons. The Morgan fingerprint density at radius 3 is 1.32 bits per heavy atom. The Labute approximate surface area is 291 Å². The number of hydrogen-bond donors (Lipinski definition) is 0. The van der Waals surface area contributed by atoms with Gasteiger partial charge in [-0.05, 0) is 75.9 Å². The third-order valence-corrected chi connectivity index (χ3v) is 11.1. The van der Waals surface area contributed by atoms with Crippen molar-refractivity contribution in [2.45, 2.75) is 10.8 Å². The molecule has 2 amide bonds. The summed E-state index contributed by atoms with van der Waals surface area (Å²) in [6.45, 7) is 0. The van der Waals surface area contributed by atoms with Crippen LogP contribution >= 0.6 is 46.4 Å². The number of carbonyl (C=O) groups is 3. The van der Waals surface area contributed by atoms with Gasteiger partial charge in [0, 0.05) is 10.0 Å². The molecule has 2 aliphatic carbocycles. The number of allylic oxidation sites excluding steroid dienone is 2. The number of anilines is 1. The second-order valence-electron chi connectivity index (χ2n) is 12.0. The van der Waals surface area contributed by atoms with E-state index in [1.54, 1.807) is 60.7 Å². The Morgan fingerprint density at radius 2 is 0.915 bits per heavy atom. The summed E-state index contributed by atoms with van der Waals surface area (Å²) < 4.78 is 0. The molecule has 5 aromatic carbocycles. The number of carbonyl (C=O) groups excluding carboxylic acids is 3. The van der Waals surface area contributed by atoms with Crippen molar-refractivity contribution in [1.29, 1.82) is 0 Å². The summed E-state index contributed by atoms with van der Waals surface area (Å²) in [7, 11) is 0. The number of rotatable bonds is 5. The summed E-state index contributed by atoms with van der Waals surface area (Å²) in [5.74, 6) is -3.39. The predicted molar refractivity (Wildman–Crippen MR) is 187 cm³/mol. The molecule has 2 bridgehead atoms. The number of imide groups is 1. The first-order chi connectivity index (χ1) is 22.7. The zero-order valence-electron chi connectivity index (χ0n) is 24.5. The van der Waals surface area contributed by atoms with Crippen LogP contribution in [0.25, 0.3) is 11.1 Å². The fourth-order valence-electron chi connectivity index (χ4n) is 8.24. The van der Waals surface area contributed by atoms with Crippen molar-refractivity contribution in [3.8, 4) is 0 Å². The molecule has 47 heavy (non-hydrogen) atoms. The molecule has 1 aliphatic heterocycles. The molecule has 8 rings (SSSR count). The van der Waals surface area contributed by atoms with Gasteiger partial charge in [-0.25, -0.2) is 4.90 Å². The van der Waals surface area contributed by atoms with Gasteiger partial charge in [0.2, 0.25) is 11.8 Å². The van der Waals surface area contributed by atoms with Crippen LogP contribution in [0.4, 0.5) is 5.69 Å². The van der Waals surface area contributed by atoms with Gasteiger partial charge in [-0.15, -0.1) is 0 Å². The first-order valence-corrected chi connectivity index (χ1v) is 16.5. The van der Waals surface area contributed by atoms with E-state index in [1.807, 2.05) is 60.7 Å². The summed E-state index contributed by atoms with van der Waals surface area (Å²) in [6.07, 6.45) is 0. The van der Waals surface area contributed by atoms with Crippen molar-refractivity contribution in [3.63, 3.8) is 0 Å². The van der Waals surface area contributed by atoms with E-state index < -0.39 is 34.5 Å². The third-order valence-electron chi connectivity index (χ3n) is 9.88. The molecule has 0 unspecified atom stereocenters. The van der Waals surface area contributed by atoms with Crippen LogP contribution in [0.15, 0.2) is 127 Å². The Kier molecular flexibility index (Phi) is 7.02. The molecular formula is C39H23Cl4NO3. The monoisotopic (exact) mass is 693 g/mol. The third kappa shape index (κ3) is 3.99. The minimum absolute atomic E-state index is 0.203. The fraction of sp³-hybridized carbons (Fsp3) is 0.103. The summed E-state index contributed by atoms with van der Waals surface area (Å²) in [5.41, 5.74) is 1.26. The van der Waals surface area contributed by atoms with Gasteiger partial charge < -0.3 is 0 Å². The Morgan fingerprint density at radius 1 is 0.489 bits per heavy atom. The molecule has 0 spiro atoms. The Bertz CT molecular complexity index is 2020. The normalized spacial score (nSPS) is 24.8. The van der Waals surface area contributed by atoms with Gasteiger partial charge in [0.1, 0.15) is 0 Å². The number of benzene rings is 5. The standard InChI is InChI=1S/C39H23Cl4NO3/c40-26-15-11-24(12-16-26)38-31(22-7-3-1-4-8-22)32(23-9-5-2-6-10-23)39(37(38)47,25-13-17-27(41)18-14-25)34-33(38)35(45)44(36(34)46)28-19-20-29(42)30(43)21-28/h1-21,33-34H/t33-,34+,38-,39-/m0/s1. The highest BCUT2D eigenvalue weighted by atomic mass is 35.5. The Hall–Kier alpha value is -4.19. The van der Waals surface area contributed by atoms with Crippen LogP contribution in [0.1, 0.15) is 22.3 Å². The van der Waals surface area contributed by atoms with E-state index in [-0.39, 0.29) is 16.5 Å². The Balaban J connectivity index is 1.55. The van der Waals surface area contributed by atoms with Gasteiger partial charge in [-0.3, -0.25) is 14.4 Å². The number of ketones is 1. The minimum atomic E-state index is -1.56. The van der Waals surface area contributed by atoms with Crippen LogP contribution in [-0.4, -0.2) is 17.6 Å². The molecule has 1 heterocycles. The van der Waals surface area contributed by atoms with E-state index in [1.165, 1.54) is 11.0 Å². The molecule has 2 fully saturated rings. The summed E-state index contributed by atoms with van der Waals surface area (Å²) in [5, 5.41) is 1.45. The summed E-state index contributed by atoms with van der Waals surface area (Å²) in [6, 6.07) is 38.0. The number of amides is 2. The lowest BCUT2D eigenvalue weighted by Crippen LogP contribution is -2.45. The number of fused-ring (bicyclic) bond motifs is 5. The van der Waals surface area contributed by atoms with E-state index in [4.69, 9.17) is 46.4 Å². The van der Waals surface area contributed by atoms with Crippen molar-refractivity contribution in [2.24, 2.45) is 11.8 Å². The number of nitrogens with zero attached hydrogens (tertiary/aromatic N) is 1. The molecule has 8 heteroatoms. The van der Waals surface area contributed by atoms with Crippen molar-refractivity contribution in [1.82, 2.24) is 0 Å². The number of Topliss-reactive ketones (excluding diaryl/α,β-unsaturated/α-hetero) is 1. The van der Waals surface area contributed by atoms with Crippen LogP contribution in [0.5, 0.6) is 0 Å². The second kappa shape index (κ2) is 10.9. The molecule has 3 aliphatic rings. The lowest BCUT2D eigenvalue weighted by atomic mass is 9.59. The maximum absolute atomic E-state index is 15.9. The van der Waals surface area contributed by atoms with Gasteiger partial charge in [-0.2, -0.15) is 0 Å². The summed E-state index contributed by atoms with van der Waals surface area (Å²) in [4.78, 5) is 47.2. The van der Waals surface area contributed by atoms with E-state index in [0.29, 0.717) is 37.3 Å². The lowest BCUT2D eigenvalue weighted by molar-refractivity contribution is -0.130. The number of halogens is 4. The van der Waals surface area contributed by atoms with Crippen molar-refractivity contribution >= 4 is 80.8 Å². The van der Waals surface area contributed by atoms with Crippen LogP contribution < -0.4 is 4.90 Å². The largest absolute Gasteiger partial charge is 0.297 e. The smallest absolute Gasteiger partial charge is 0.239 e. The van der Waals surface area contributed by atoms with Crippen LogP contribution in [0, 0.1) is 11.8 Å². The molecular weight excluding hydrogens is 672 g/mol. The van der Waals surface area contributed by atoms with Gasteiger partial charge in [0.25, 0.3) is 0 Å². The lowest BCUT2D eigenvalue weighted by Gasteiger charge is -2.39. The van der Waals surface area contributed by atoms with Gasteiger partial charge in [-0.1, -0.05) is 131 Å². The molecule has 5 aromatic rings. The summed E-state index contributed by atoms with van der Waals surface area (Å²) >= 11 is 25.5. The minimum Gasteiger partial charge on any atom is -0.297 e. The maximum atomic E-state index is 15.9. The predicted octanol–water partition coefficient (Wildman–Crippen LogP) is 9.49. The van der Waals surface area contributed by atoms with E-state index in [2.05, 4.69) is 0 Å². The van der Waals surface area contributed by atoms with Gasteiger partial charge >= 0.3 is 0 Å². The average Bonchev–Trinajstić information content (AvgIpc) is 3.59. The van der Waals surface area contributed by atoms with E-state index >= 15 is 14.4 Å². The molecule has 4 atom stereocenters. The molecule has 0 radical (unpaired) electrons. The first-order valence-electron chi connectivity index (χ1n) is 15.0. The van der Waals surface area contributed by atoms with E-state index in [0.717, 1.165) is 11.1 Å². The average molecular weight is 695 g/mol. The second-order valence-corrected chi connectivity index (χ2v) is 13.7. The molecule has 1 saturated heterocycles. The van der Waals surface area contributed by atoms with Crippen molar-refractivity contribution in [3.05, 3.63) is 170 Å². The highest BCUT2D eigenvalue weighted by Crippen LogP contribution is 2.74. The zero-order chi connectivity index (χ0) is 32.7. The van der Waals surface area contributed by atoms with Crippen LogP contribution in [-0.2, 0) is 25.2 Å². The quantitative estimate of drug-likeness (QED) is 0.172.